The number of likely N-dealkylation sites (tertiary alicyclic amines) is 1. The second-order valence-electron chi connectivity index (χ2n) is 5.40. The van der Waals surface area contributed by atoms with E-state index < -0.39 is 11.9 Å². The summed E-state index contributed by atoms with van der Waals surface area (Å²) in [7, 11) is 3.40. The molecule has 0 saturated carbocycles. The van der Waals surface area contributed by atoms with E-state index in [1.807, 2.05) is 0 Å². The molecule has 1 aromatic heterocycles. The number of ether oxygens (including phenoxy) is 1. The Morgan fingerprint density at radius 2 is 2.29 bits per heavy atom. The Kier molecular flexibility index (Phi) is 8.71. The largest absolute Gasteiger partial charge is 0.434 e. The molecule has 1 atom stereocenters. The van der Waals surface area contributed by atoms with Crippen molar-refractivity contribution < 1.29 is 17.9 Å². The Morgan fingerprint density at radius 1 is 1.54 bits per heavy atom. The molecule has 1 fully saturated rings. The van der Waals surface area contributed by atoms with Gasteiger partial charge in [-0.3, -0.25) is 4.99 Å². The van der Waals surface area contributed by atoms with Crippen molar-refractivity contribution in [3.8, 4) is 0 Å². The SMILES string of the molecule is CN=C(NCCc1nc(C(F)(F)F)cs1)N1CCC(COC)C1.I. The summed E-state index contributed by atoms with van der Waals surface area (Å²) in [6.45, 7) is 3.02. The van der Waals surface area contributed by atoms with Gasteiger partial charge in [0.1, 0.15) is 0 Å². The van der Waals surface area contributed by atoms with E-state index in [0.29, 0.717) is 23.9 Å². The Bertz CT molecular complexity index is 538. The van der Waals surface area contributed by atoms with Crippen LogP contribution in [0.3, 0.4) is 0 Å². The average molecular weight is 478 g/mol. The van der Waals surface area contributed by atoms with Crippen LogP contribution in [0.5, 0.6) is 0 Å². The van der Waals surface area contributed by atoms with Gasteiger partial charge in [-0.05, 0) is 6.42 Å². The number of alkyl halides is 3. The number of hydrogen-bond donors (Lipinski definition) is 1. The monoisotopic (exact) mass is 478 g/mol. The van der Waals surface area contributed by atoms with E-state index in [4.69, 9.17) is 4.74 Å². The predicted molar refractivity (Wildman–Crippen MR) is 99.2 cm³/mol. The first kappa shape index (κ1) is 21.4. The molecule has 0 bridgehead atoms. The molecule has 2 rings (SSSR count). The number of methoxy groups -OCH3 is 1. The number of aliphatic imine (C=N–C) groups is 1. The van der Waals surface area contributed by atoms with Crippen molar-refractivity contribution in [1.29, 1.82) is 0 Å². The van der Waals surface area contributed by atoms with Gasteiger partial charge in [-0.2, -0.15) is 13.2 Å². The quantitative estimate of drug-likeness (QED) is 0.402. The van der Waals surface area contributed by atoms with Crippen molar-refractivity contribution in [3.05, 3.63) is 16.1 Å². The van der Waals surface area contributed by atoms with Gasteiger partial charge in [0.05, 0.1) is 11.6 Å². The van der Waals surface area contributed by atoms with Gasteiger partial charge in [0, 0.05) is 51.5 Å². The third-order valence-electron chi connectivity index (χ3n) is 3.66. The van der Waals surface area contributed by atoms with Crippen LogP contribution in [0.4, 0.5) is 13.2 Å². The number of hydrogen-bond acceptors (Lipinski definition) is 4. The fourth-order valence-corrected chi connectivity index (χ4v) is 3.37. The Hall–Kier alpha value is -0.620. The standard InChI is InChI=1S/C14H21F3N4OS.HI/c1-18-13(21-6-4-10(7-21)8-22-2)19-5-3-12-20-11(9-23-12)14(15,16)17;/h9-10H,3-8H2,1-2H3,(H,18,19);1H. The molecule has 1 saturated heterocycles. The molecule has 5 nitrogen and oxygen atoms in total. The van der Waals surface area contributed by atoms with Crippen LogP contribution in [0.1, 0.15) is 17.1 Å². The molecule has 0 radical (unpaired) electrons. The highest BCUT2D eigenvalue weighted by Crippen LogP contribution is 2.30. The van der Waals surface area contributed by atoms with E-state index in [1.54, 1.807) is 14.2 Å². The number of thiazole rings is 1. The summed E-state index contributed by atoms with van der Waals surface area (Å²) in [6, 6.07) is 0. The lowest BCUT2D eigenvalue weighted by atomic mass is 10.1. The summed E-state index contributed by atoms with van der Waals surface area (Å²) >= 11 is 1.03. The highest BCUT2D eigenvalue weighted by Gasteiger charge is 2.33. The second kappa shape index (κ2) is 9.76. The zero-order valence-electron chi connectivity index (χ0n) is 13.6. The van der Waals surface area contributed by atoms with Crippen LogP contribution in [0.25, 0.3) is 0 Å². The van der Waals surface area contributed by atoms with Gasteiger partial charge in [-0.25, -0.2) is 4.98 Å². The first-order valence-electron chi connectivity index (χ1n) is 7.40. The average Bonchev–Trinajstić information content (AvgIpc) is 3.13. The number of rotatable bonds is 5. The number of aromatic nitrogens is 1. The van der Waals surface area contributed by atoms with Crippen LogP contribution in [0.2, 0.25) is 0 Å². The lowest BCUT2D eigenvalue weighted by molar-refractivity contribution is -0.140. The lowest BCUT2D eigenvalue weighted by Gasteiger charge is -2.21. The highest BCUT2D eigenvalue weighted by atomic mass is 127. The molecule has 1 aliphatic rings. The predicted octanol–water partition coefficient (Wildman–Crippen LogP) is 2.87. The molecule has 1 N–H and O–H groups in total. The van der Waals surface area contributed by atoms with Crippen LogP contribution >= 0.6 is 35.3 Å². The van der Waals surface area contributed by atoms with E-state index in [0.717, 1.165) is 48.8 Å². The third-order valence-corrected chi connectivity index (χ3v) is 4.57. The fourth-order valence-electron chi connectivity index (χ4n) is 2.57. The molecule has 0 spiro atoms. The first-order chi connectivity index (χ1) is 10.9. The summed E-state index contributed by atoms with van der Waals surface area (Å²) < 4.78 is 42.7. The maximum absolute atomic E-state index is 12.5. The summed E-state index contributed by atoms with van der Waals surface area (Å²) in [4.78, 5) is 10.0. The van der Waals surface area contributed by atoms with Crippen LogP contribution in [-0.4, -0.2) is 56.2 Å². The van der Waals surface area contributed by atoms with Crippen molar-refractivity contribution in [1.82, 2.24) is 15.2 Å². The number of nitrogens with zero attached hydrogens (tertiary/aromatic N) is 3. The van der Waals surface area contributed by atoms with Gasteiger partial charge >= 0.3 is 6.18 Å². The molecular formula is C14H22F3IN4OS. The number of halogens is 4. The Morgan fingerprint density at radius 3 is 2.88 bits per heavy atom. The lowest BCUT2D eigenvalue weighted by Crippen LogP contribution is -2.41. The first-order valence-corrected chi connectivity index (χ1v) is 8.28. The topological polar surface area (TPSA) is 49.8 Å². The molecule has 10 heteroatoms. The van der Waals surface area contributed by atoms with Crippen molar-refractivity contribution in [2.45, 2.75) is 19.0 Å². The van der Waals surface area contributed by atoms with Crippen LogP contribution in [0, 0.1) is 5.92 Å². The molecule has 0 aliphatic carbocycles. The third kappa shape index (κ3) is 6.03. The molecule has 1 aliphatic heterocycles. The second-order valence-corrected chi connectivity index (χ2v) is 6.35. The van der Waals surface area contributed by atoms with E-state index in [-0.39, 0.29) is 24.0 Å². The summed E-state index contributed by atoms with van der Waals surface area (Å²) in [5.41, 5.74) is -0.816. The summed E-state index contributed by atoms with van der Waals surface area (Å²) in [5, 5.41) is 4.72. The zero-order valence-corrected chi connectivity index (χ0v) is 16.7. The maximum Gasteiger partial charge on any atom is 0.434 e. The van der Waals surface area contributed by atoms with Crippen molar-refractivity contribution in [2.24, 2.45) is 10.9 Å². The molecule has 0 amide bonds. The molecular weight excluding hydrogens is 456 g/mol. The van der Waals surface area contributed by atoms with Crippen LogP contribution in [-0.2, 0) is 17.3 Å². The Labute approximate surface area is 160 Å². The zero-order chi connectivity index (χ0) is 16.9. The van der Waals surface area contributed by atoms with E-state index in [1.165, 1.54) is 0 Å². The summed E-state index contributed by atoms with van der Waals surface area (Å²) in [5.74, 6) is 1.27. The van der Waals surface area contributed by atoms with Crippen LogP contribution in [0.15, 0.2) is 10.4 Å². The molecule has 138 valence electrons. The number of guanidine groups is 1. The van der Waals surface area contributed by atoms with Crippen molar-refractivity contribution in [2.75, 3.05) is 40.4 Å². The molecule has 24 heavy (non-hydrogen) atoms. The summed E-state index contributed by atoms with van der Waals surface area (Å²) in [6.07, 6.45) is -2.88. The minimum Gasteiger partial charge on any atom is -0.384 e. The molecule has 2 heterocycles. The van der Waals surface area contributed by atoms with Gasteiger partial charge < -0.3 is 15.0 Å². The smallest absolute Gasteiger partial charge is 0.384 e. The number of nitrogens with one attached hydrogen (secondary N) is 1. The normalized spacial score (nSPS) is 18.6. The maximum atomic E-state index is 12.5. The van der Waals surface area contributed by atoms with Gasteiger partial charge in [0.2, 0.25) is 0 Å². The molecule has 0 aromatic carbocycles. The molecule has 1 unspecified atom stereocenters. The van der Waals surface area contributed by atoms with Crippen LogP contribution < -0.4 is 5.32 Å². The molecule has 1 aromatic rings. The fraction of sp³-hybridized carbons (Fsp3) is 0.714. The highest BCUT2D eigenvalue weighted by molar-refractivity contribution is 14.0. The van der Waals surface area contributed by atoms with Crippen molar-refractivity contribution in [3.63, 3.8) is 0 Å². The van der Waals surface area contributed by atoms with E-state index >= 15 is 0 Å². The van der Waals surface area contributed by atoms with Gasteiger partial charge in [-0.15, -0.1) is 35.3 Å². The van der Waals surface area contributed by atoms with Crippen molar-refractivity contribution >= 4 is 41.3 Å². The van der Waals surface area contributed by atoms with Gasteiger partial charge in [0.25, 0.3) is 0 Å². The van der Waals surface area contributed by atoms with Gasteiger partial charge in [-0.1, -0.05) is 0 Å². The van der Waals surface area contributed by atoms with Gasteiger partial charge in [0.15, 0.2) is 11.7 Å². The minimum absolute atomic E-state index is 0. The Balaban J connectivity index is 0.00000288. The minimum atomic E-state index is -4.37. The van der Waals surface area contributed by atoms with E-state index in [9.17, 15) is 13.2 Å². The van der Waals surface area contributed by atoms with E-state index in [2.05, 4.69) is 20.2 Å².